The first-order valence-electron chi connectivity index (χ1n) is 7.97. The molecule has 1 aromatic rings. The maximum absolute atomic E-state index is 13.6. The summed E-state index contributed by atoms with van der Waals surface area (Å²) in [5.41, 5.74) is 0.566. The fraction of sp³-hybridized carbons (Fsp3) is 0.647. The summed E-state index contributed by atoms with van der Waals surface area (Å²) in [6.45, 7) is 4.67. The SMILES string of the molecule is OCC1(CN2CCC(OCc3ccccc3F)CC2)COC1. The molecule has 22 heavy (non-hydrogen) atoms. The van der Waals surface area contributed by atoms with Crippen molar-refractivity contribution in [2.75, 3.05) is 39.5 Å². The minimum absolute atomic E-state index is 0.0547. The molecule has 2 aliphatic rings. The lowest BCUT2D eigenvalue weighted by atomic mass is 9.86. The van der Waals surface area contributed by atoms with Gasteiger partial charge in [0.05, 0.1) is 37.9 Å². The highest BCUT2D eigenvalue weighted by atomic mass is 19.1. The number of nitrogens with zero attached hydrogens (tertiary/aromatic N) is 1. The lowest BCUT2D eigenvalue weighted by molar-refractivity contribution is -0.151. The molecule has 5 heteroatoms. The first kappa shape index (κ1) is 15.9. The summed E-state index contributed by atoms with van der Waals surface area (Å²) in [4.78, 5) is 2.38. The zero-order valence-electron chi connectivity index (χ0n) is 12.8. The zero-order chi connectivity index (χ0) is 15.4. The van der Waals surface area contributed by atoms with Crippen molar-refractivity contribution in [3.63, 3.8) is 0 Å². The Balaban J connectivity index is 1.41. The smallest absolute Gasteiger partial charge is 0.128 e. The second-order valence-electron chi connectivity index (χ2n) is 6.53. The predicted molar refractivity (Wildman–Crippen MR) is 81.0 cm³/mol. The molecule has 2 fully saturated rings. The Labute approximate surface area is 130 Å². The number of hydrogen-bond donors (Lipinski definition) is 1. The lowest BCUT2D eigenvalue weighted by Gasteiger charge is -2.44. The molecule has 0 saturated carbocycles. The highest BCUT2D eigenvalue weighted by Crippen LogP contribution is 2.29. The van der Waals surface area contributed by atoms with Crippen LogP contribution in [0.5, 0.6) is 0 Å². The second-order valence-corrected chi connectivity index (χ2v) is 6.53. The van der Waals surface area contributed by atoms with Crippen molar-refractivity contribution >= 4 is 0 Å². The molecule has 2 heterocycles. The number of rotatable bonds is 6. The van der Waals surface area contributed by atoms with Gasteiger partial charge < -0.3 is 19.5 Å². The first-order chi connectivity index (χ1) is 10.7. The van der Waals surface area contributed by atoms with Gasteiger partial charge in [-0.2, -0.15) is 0 Å². The number of aliphatic hydroxyl groups excluding tert-OH is 1. The summed E-state index contributed by atoms with van der Waals surface area (Å²) in [7, 11) is 0. The summed E-state index contributed by atoms with van der Waals surface area (Å²) in [6, 6.07) is 6.76. The third-order valence-corrected chi connectivity index (χ3v) is 4.68. The lowest BCUT2D eigenvalue weighted by Crippen LogP contribution is -2.54. The molecule has 0 aliphatic carbocycles. The van der Waals surface area contributed by atoms with Gasteiger partial charge in [0, 0.05) is 25.2 Å². The van der Waals surface area contributed by atoms with Crippen molar-refractivity contribution in [1.29, 1.82) is 0 Å². The van der Waals surface area contributed by atoms with Crippen LogP contribution in [0.4, 0.5) is 4.39 Å². The molecular weight excluding hydrogens is 285 g/mol. The maximum Gasteiger partial charge on any atom is 0.128 e. The third-order valence-electron chi connectivity index (χ3n) is 4.68. The Kier molecular flexibility index (Phi) is 5.08. The molecule has 0 spiro atoms. The summed E-state index contributed by atoms with van der Waals surface area (Å²) < 4.78 is 24.7. The number of likely N-dealkylation sites (tertiary alicyclic amines) is 1. The summed E-state index contributed by atoms with van der Waals surface area (Å²) in [5.74, 6) is -0.199. The molecule has 1 aromatic carbocycles. The van der Waals surface area contributed by atoms with Crippen molar-refractivity contribution in [3.05, 3.63) is 35.6 Å². The summed E-state index contributed by atoms with van der Waals surface area (Å²) in [6.07, 6.45) is 2.10. The van der Waals surface area contributed by atoms with Gasteiger partial charge in [0.15, 0.2) is 0 Å². The van der Waals surface area contributed by atoms with E-state index in [1.807, 2.05) is 6.07 Å². The molecule has 2 saturated heterocycles. The molecule has 1 N–H and O–H groups in total. The van der Waals surface area contributed by atoms with Crippen LogP contribution in [0.1, 0.15) is 18.4 Å². The molecule has 0 amide bonds. The minimum Gasteiger partial charge on any atom is -0.396 e. The normalized spacial score (nSPS) is 22.5. The molecule has 122 valence electrons. The van der Waals surface area contributed by atoms with Crippen LogP contribution in [0.25, 0.3) is 0 Å². The predicted octanol–water partition coefficient (Wildman–Crippen LogP) is 1.82. The summed E-state index contributed by atoms with van der Waals surface area (Å²) >= 11 is 0. The van der Waals surface area contributed by atoms with Gasteiger partial charge in [0.25, 0.3) is 0 Å². The van der Waals surface area contributed by atoms with Crippen molar-refractivity contribution in [3.8, 4) is 0 Å². The number of aliphatic hydroxyl groups is 1. The van der Waals surface area contributed by atoms with Crippen LogP contribution in [-0.4, -0.2) is 55.6 Å². The van der Waals surface area contributed by atoms with Gasteiger partial charge in [-0.3, -0.25) is 0 Å². The second kappa shape index (κ2) is 7.04. The maximum atomic E-state index is 13.6. The Hall–Kier alpha value is -1.01. The molecule has 0 bridgehead atoms. The van der Waals surface area contributed by atoms with Gasteiger partial charge in [-0.05, 0) is 18.9 Å². The van der Waals surface area contributed by atoms with Gasteiger partial charge >= 0.3 is 0 Å². The average molecular weight is 309 g/mol. The van der Waals surface area contributed by atoms with Crippen molar-refractivity contribution in [1.82, 2.24) is 4.90 Å². The fourth-order valence-electron chi connectivity index (χ4n) is 3.15. The van der Waals surface area contributed by atoms with E-state index in [4.69, 9.17) is 9.47 Å². The largest absolute Gasteiger partial charge is 0.396 e. The van der Waals surface area contributed by atoms with Crippen molar-refractivity contribution in [2.45, 2.75) is 25.6 Å². The summed E-state index contributed by atoms with van der Waals surface area (Å²) in [5, 5.41) is 9.49. The van der Waals surface area contributed by atoms with Crippen LogP contribution in [0.2, 0.25) is 0 Å². The van der Waals surface area contributed by atoms with Crippen molar-refractivity contribution in [2.24, 2.45) is 5.41 Å². The van der Waals surface area contributed by atoms with Crippen LogP contribution in [0.15, 0.2) is 24.3 Å². The molecule has 0 radical (unpaired) electrons. The highest BCUT2D eigenvalue weighted by molar-refractivity contribution is 5.16. The number of benzene rings is 1. The standard InChI is InChI=1S/C17H24FNO3/c18-16-4-2-1-3-14(16)9-22-15-5-7-19(8-6-15)10-17(11-20)12-21-13-17/h1-4,15,20H,5-13H2. The van der Waals surface area contributed by atoms with Gasteiger partial charge in [-0.25, -0.2) is 4.39 Å². The first-order valence-corrected chi connectivity index (χ1v) is 7.97. The van der Waals surface area contributed by atoms with E-state index in [2.05, 4.69) is 4.90 Å². The molecule has 4 nitrogen and oxygen atoms in total. The molecule has 3 rings (SSSR count). The van der Waals surface area contributed by atoms with E-state index in [0.717, 1.165) is 32.5 Å². The van der Waals surface area contributed by atoms with Crippen LogP contribution in [0, 0.1) is 11.2 Å². The average Bonchev–Trinajstić information content (AvgIpc) is 2.51. The molecule has 0 atom stereocenters. The van der Waals surface area contributed by atoms with Gasteiger partial charge in [-0.1, -0.05) is 18.2 Å². The number of halogens is 1. The number of piperidine rings is 1. The van der Waals surface area contributed by atoms with Crippen LogP contribution in [-0.2, 0) is 16.1 Å². The van der Waals surface area contributed by atoms with Gasteiger partial charge in [0.1, 0.15) is 5.82 Å². The zero-order valence-corrected chi connectivity index (χ0v) is 12.8. The van der Waals surface area contributed by atoms with Gasteiger partial charge in [-0.15, -0.1) is 0 Å². The van der Waals surface area contributed by atoms with Crippen LogP contribution < -0.4 is 0 Å². The molecular formula is C17H24FNO3. The molecule has 0 unspecified atom stereocenters. The molecule has 0 aromatic heterocycles. The monoisotopic (exact) mass is 309 g/mol. The highest BCUT2D eigenvalue weighted by Gasteiger charge is 2.40. The van der Waals surface area contributed by atoms with E-state index < -0.39 is 0 Å². The van der Waals surface area contributed by atoms with E-state index in [1.165, 1.54) is 6.07 Å². The molecule has 2 aliphatic heterocycles. The Morgan fingerprint density at radius 2 is 2.00 bits per heavy atom. The quantitative estimate of drug-likeness (QED) is 0.870. The topological polar surface area (TPSA) is 41.9 Å². The van der Waals surface area contributed by atoms with E-state index in [1.54, 1.807) is 12.1 Å². The van der Waals surface area contributed by atoms with E-state index >= 15 is 0 Å². The van der Waals surface area contributed by atoms with E-state index in [0.29, 0.717) is 25.4 Å². The Morgan fingerprint density at radius 1 is 1.27 bits per heavy atom. The number of ether oxygens (including phenoxy) is 2. The number of hydrogen-bond acceptors (Lipinski definition) is 4. The van der Waals surface area contributed by atoms with Crippen LogP contribution in [0.3, 0.4) is 0 Å². The Morgan fingerprint density at radius 3 is 2.59 bits per heavy atom. The van der Waals surface area contributed by atoms with E-state index in [-0.39, 0.29) is 23.9 Å². The third kappa shape index (κ3) is 3.66. The fourth-order valence-corrected chi connectivity index (χ4v) is 3.15. The van der Waals surface area contributed by atoms with Gasteiger partial charge in [0.2, 0.25) is 0 Å². The minimum atomic E-state index is -0.199. The Bertz CT molecular complexity index is 479. The van der Waals surface area contributed by atoms with Crippen molar-refractivity contribution < 1.29 is 19.0 Å². The van der Waals surface area contributed by atoms with E-state index in [9.17, 15) is 9.50 Å². The van der Waals surface area contributed by atoms with Crippen LogP contribution >= 0.6 is 0 Å².